The van der Waals surface area contributed by atoms with Crippen LogP contribution in [0.15, 0.2) is 53.7 Å². The zero-order valence-electron chi connectivity index (χ0n) is 14.1. The number of pyridine rings is 1. The number of fused-ring (bicyclic) bond motifs is 1. The van der Waals surface area contributed by atoms with Crippen molar-refractivity contribution >= 4 is 39.7 Å². The van der Waals surface area contributed by atoms with Crippen LogP contribution >= 0.6 is 11.6 Å². The van der Waals surface area contributed by atoms with Crippen LogP contribution in [0.25, 0.3) is 11.0 Å². The summed E-state index contributed by atoms with van der Waals surface area (Å²) in [5, 5.41) is 11.0. The normalized spacial score (nSPS) is 11.0. The predicted molar refractivity (Wildman–Crippen MR) is 104 cm³/mol. The Bertz CT molecular complexity index is 1260. The van der Waals surface area contributed by atoms with Gasteiger partial charge in [-0.1, -0.05) is 23.7 Å². The zero-order chi connectivity index (χ0) is 19.8. The molecule has 4 N–H and O–H groups in total. The average molecular weight is 400 g/mol. The Morgan fingerprint density at radius 2 is 1.86 bits per heavy atom. The number of imidazole rings is 1. The molecule has 0 saturated carbocycles. The number of hydrogen-bond donors (Lipinski definition) is 4. The zero-order valence-corrected chi connectivity index (χ0v) is 14.9. The highest BCUT2D eigenvalue weighted by atomic mass is 35.5. The molecule has 0 radical (unpaired) electrons. The van der Waals surface area contributed by atoms with Gasteiger partial charge in [0.25, 0.3) is 5.56 Å². The van der Waals surface area contributed by atoms with Crippen molar-refractivity contribution in [1.29, 1.82) is 5.41 Å². The van der Waals surface area contributed by atoms with E-state index >= 15 is 0 Å². The van der Waals surface area contributed by atoms with Gasteiger partial charge in [-0.05, 0) is 24.3 Å². The molecule has 0 fully saturated rings. The Morgan fingerprint density at radius 1 is 1.11 bits per heavy atom. The van der Waals surface area contributed by atoms with Crippen molar-refractivity contribution in [2.75, 3.05) is 5.32 Å². The largest absolute Gasteiger partial charge is 0.349 e. The van der Waals surface area contributed by atoms with Gasteiger partial charge in [-0.15, -0.1) is 0 Å². The summed E-state index contributed by atoms with van der Waals surface area (Å²) in [5.41, 5.74) is 0.283. The summed E-state index contributed by atoms with van der Waals surface area (Å²) in [7, 11) is 0. The smallest absolute Gasteiger partial charge is 0.259 e. The monoisotopic (exact) mass is 399 g/mol. The van der Waals surface area contributed by atoms with E-state index in [4.69, 9.17) is 17.0 Å². The van der Waals surface area contributed by atoms with Crippen molar-refractivity contribution < 1.29 is 8.78 Å². The third kappa shape index (κ3) is 3.03. The number of H-pyrrole nitrogens is 2. The minimum Gasteiger partial charge on any atom is -0.349 e. The van der Waals surface area contributed by atoms with Crippen molar-refractivity contribution in [3.63, 3.8) is 0 Å². The molecule has 0 spiro atoms. The highest BCUT2D eigenvalue weighted by Crippen LogP contribution is 2.31. The van der Waals surface area contributed by atoms with E-state index in [-0.39, 0.29) is 22.0 Å². The fourth-order valence-corrected chi connectivity index (χ4v) is 3.04. The van der Waals surface area contributed by atoms with Gasteiger partial charge in [-0.2, -0.15) is 0 Å². The molecule has 0 aliphatic carbocycles. The Balaban J connectivity index is 1.86. The lowest BCUT2D eigenvalue weighted by Crippen LogP contribution is -2.21. The second kappa shape index (κ2) is 6.90. The molecule has 9 heteroatoms. The van der Waals surface area contributed by atoms with E-state index in [1.807, 2.05) is 0 Å². The molecule has 2 aromatic heterocycles. The van der Waals surface area contributed by atoms with E-state index in [0.29, 0.717) is 11.1 Å². The van der Waals surface area contributed by atoms with Crippen LogP contribution in [0, 0.1) is 17.0 Å². The predicted octanol–water partition coefficient (Wildman–Crippen LogP) is 4.34. The number of nitrogens with zero attached hydrogens (tertiary/aromatic N) is 1. The third-order valence-corrected chi connectivity index (χ3v) is 4.52. The van der Waals surface area contributed by atoms with Crippen molar-refractivity contribution in [2.45, 2.75) is 0 Å². The Kier molecular flexibility index (Phi) is 4.40. The van der Waals surface area contributed by atoms with E-state index in [1.165, 1.54) is 18.6 Å². The van der Waals surface area contributed by atoms with Crippen LogP contribution in [0.1, 0.15) is 11.1 Å². The number of hydrogen-bond acceptors (Lipinski definition) is 4. The molecule has 4 rings (SSSR count). The number of halogens is 3. The second-order valence-electron chi connectivity index (χ2n) is 5.95. The van der Waals surface area contributed by atoms with Crippen molar-refractivity contribution in [1.82, 2.24) is 15.0 Å². The van der Waals surface area contributed by atoms with E-state index in [0.717, 1.165) is 17.6 Å². The first-order valence-electron chi connectivity index (χ1n) is 8.10. The van der Waals surface area contributed by atoms with E-state index in [2.05, 4.69) is 20.3 Å². The fraction of sp³-hybridized carbons (Fsp3) is 0. The summed E-state index contributed by atoms with van der Waals surface area (Å²) in [6, 6.07) is 8.34. The van der Waals surface area contributed by atoms with Crippen LogP contribution < -0.4 is 10.9 Å². The van der Waals surface area contributed by atoms with Gasteiger partial charge in [-0.25, -0.2) is 13.8 Å². The molecule has 28 heavy (non-hydrogen) atoms. The number of aromatic nitrogens is 3. The number of nitrogens with one attached hydrogen (secondary N) is 4. The summed E-state index contributed by atoms with van der Waals surface area (Å²) < 4.78 is 28.1. The minimum atomic E-state index is -0.855. The molecular weight excluding hydrogens is 388 g/mol. The highest BCUT2D eigenvalue weighted by molar-refractivity contribution is 6.34. The molecule has 2 aromatic carbocycles. The van der Waals surface area contributed by atoms with Crippen molar-refractivity contribution in [3.05, 3.63) is 87.1 Å². The maximum absolute atomic E-state index is 14.1. The van der Waals surface area contributed by atoms with Crippen molar-refractivity contribution in [2.24, 2.45) is 0 Å². The van der Waals surface area contributed by atoms with E-state index in [1.54, 1.807) is 18.2 Å². The van der Waals surface area contributed by atoms with Gasteiger partial charge in [0.1, 0.15) is 17.3 Å². The van der Waals surface area contributed by atoms with Crippen LogP contribution in [-0.4, -0.2) is 20.7 Å². The lowest BCUT2D eigenvalue weighted by atomic mass is 10.0. The fourth-order valence-electron chi connectivity index (χ4n) is 2.84. The van der Waals surface area contributed by atoms with Crippen LogP contribution in [0.3, 0.4) is 0 Å². The lowest BCUT2D eigenvalue weighted by molar-refractivity contribution is 0.591. The molecule has 4 aromatic rings. The molecule has 6 nitrogen and oxygen atoms in total. The Labute approximate surface area is 161 Å². The van der Waals surface area contributed by atoms with Crippen molar-refractivity contribution in [3.8, 4) is 0 Å². The Hall–Kier alpha value is -3.52. The standard InChI is InChI=1S/C19H12ClF2N5O/c20-10-7-24-19(28)15(17(10)27-18-11(21)2-1-3-12(18)22)16(23)9-4-5-13-14(6-9)26-8-25-13/h1-8,23H,(H,25,26)(H2,24,27,28). The number of benzene rings is 2. The maximum Gasteiger partial charge on any atom is 0.259 e. The van der Waals surface area contributed by atoms with Gasteiger partial charge in [0.2, 0.25) is 0 Å². The van der Waals surface area contributed by atoms with Crippen LogP contribution in [-0.2, 0) is 0 Å². The van der Waals surface area contributed by atoms with Gasteiger partial charge in [0.05, 0.1) is 39.3 Å². The summed E-state index contributed by atoms with van der Waals surface area (Å²) >= 11 is 6.17. The molecule has 0 aliphatic heterocycles. The lowest BCUT2D eigenvalue weighted by Gasteiger charge is -2.15. The topological polar surface area (TPSA) is 97.4 Å². The van der Waals surface area contributed by atoms with Gasteiger partial charge in [0.15, 0.2) is 0 Å². The molecule has 2 heterocycles. The molecular formula is C19H12ClF2N5O. The molecule has 0 bridgehead atoms. The van der Waals surface area contributed by atoms with Gasteiger partial charge < -0.3 is 15.3 Å². The second-order valence-corrected chi connectivity index (χ2v) is 6.35. The first kappa shape index (κ1) is 17.9. The quantitative estimate of drug-likeness (QED) is 0.384. The summed E-state index contributed by atoms with van der Waals surface area (Å²) in [6.45, 7) is 0. The molecule has 140 valence electrons. The Morgan fingerprint density at radius 3 is 2.61 bits per heavy atom. The number of rotatable bonds is 4. The van der Waals surface area contributed by atoms with E-state index < -0.39 is 22.9 Å². The summed E-state index contributed by atoms with van der Waals surface area (Å²) in [6.07, 6.45) is 2.71. The van der Waals surface area contributed by atoms with Gasteiger partial charge >= 0.3 is 0 Å². The van der Waals surface area contributed by atoms with Crippen LogP contribution in [0.5, 0.6) is 0 Å². The average Bonchev–Trinajstić information content (AvgIpc) is 3.14. The van der Waals surface area contributed by atoms with Crippen LogP contribution in [0.4, 0.5) is 20.2 Å². The molecule has 0 amide bonds. The molecule has 0 saturated heterocycles. The molecule has 0 aliphatic rings. The molecule has 0 unspecified atom stereocenters. The first-order chi connectivity index (χ1) is 13.5. The number of para-hydroxylation sites is 1. The van der Waals surface area contributed by atoms with Crippen LogP contribution in [0.2, 0.25) is 5.02 Å². The van der Waals surface area contributed by atoms with Gasteiger partial charge in [-0.3, -0.25) is 10.2 Å². The van der Waals surface area contributed by atoms with E-state index in [9.17, 15) is 13.6 Å². The summed E-state index contributed by atoms with van der Waals surface area (Å²) in [4.78, 5) is 22.0. The summed E-state index contributed by atoms with van der Waals surface area (Å²) in [5.74, 6) is -1.71. The first-order valence-corrected chi connectivity index (χ1v) is 8.48. The van der Waals surface area contributed by atoms with Gasteiger partial charge in [0, 0.05) is 11.8 Å². The number of anilines is 2. The molecule has 0 atom stereocenters. The third-order valence-electron chi connectivity index (χ3n) is 4.22. The highest BCUT2D eigenvalue weighted by Gasteiger charge is 2.20. The maximum atomic E-state index is 14.1. The number of aromatic amines is 2. The minimum absolute atomic E-state index is 0.00264. The SMILES string of the molecule is N=C(c1ccc2[nH]cnc2c1)c1c(Nc2c(F)cccc2F)c(Cl)c[nH]c1=O.